The Bertz CT molecular complexity index is 1140. The summed E-state index contributed by atoms with van der Waals surface area (Å²) in [5, 5.41) is 10.5. The number of ether oxygens (including phenoxy) is 1. The van der Waals surface area contributed by atoms with Crippen LogP contribution in [0.3, 0.4) is 0 Å². The molecule has 7 nitrogen and oxygen atoms in total. The molecule has 192 valence electrons. The SMILES string of the molecule is CCCCN(CCCC)c1cc(C(=O)O)cc(S(=O)(=O)N2CCCC2)c1Oc1ccc(Cl)cc1Cl. The van der Waals surface area contributed by atoms with Crippen LogP contribution in [0.25, 0.3) is 0 Å². The topological polar surface area (TPSA) is 87.2 Å². The van der Waals surface area contributed by atoms with Crippen LogP contribution in [0, 0.1) is 0 Å². The Morgan fingerprint density at radius 3 is 2.23 bits per heavy atom. The molecule has 0 aromatic heterocycles. The summed E-state index contributed by atoms with van der Waals surface area (Å²) in [6.07, 6.45) is 5.08. The fraction of sp³-hybridized carbons (Fsp3) is 0.480. The van der Waals surface area contributed by atoms with Gasteiger partial charge in [0.1, 0.15) is 10.6 Å². The molecule has 0 spiro atoms. The van der Waals surface area contributed by atoms with E-state index in [0.29, 0.717) is 36.9 Å². The van der Waals surface area contributed by atoms with Crippen LogP contribution >= 0.6 is 23.2 Å². The van der Waals surface area contributed by atoms with Gasteiger partial charge in [-0.3, -0.25) is 0 Å². The van der Waals surface area contributed by atoms with E-state index in [1.807, 2.05) is 4.90 Å². The van der Waals surface area contributed by atoms with Crippen molar-refractivity contribution in [1.29, 1.82) is 0 Å². The number of benzene rings is 2. The van der Waals surface area contributed by atoms with E-state index in [2.05, 4.69) is 13.8 Å². The van der Waals surface area contributed by atoms with Gasteiger partial charge in [-0.25, -0.2) is 13.2 Å². The molecule has 10 heteroatoms. The lowest BCUT2D eigenvalue weighted by Crippen LogP contribution is -2.30. The maximum absolute atomic E-state index is 13.7. The molecule has 1 saturated heterocycles. The first-order valence-electron chi connectivity index (χ1n) is 12.0. The summed E-state index contributed by atoms with van der Waals surface area (Å²) in [6, 6.07) is 7.39. The summed E-state index contributed by atoms with van der Waals surface area (Å²) in [5.41, 5.74) is 0.320. The molecule has 0 atom stereocenters. The third kappa shape index (κ3) is 6.61. The number of carbonyl (C=O) groups is 1. The molecule has 2 aromatic carbocycles. The molecule has 0 bridgehead atoms. The van der Waals surface area contributed by atoms with Gasteiger partial charge in [0.25, 0.3) is 0 Å². The minimum atomic E-state index is -4.01. The van der Waals surface area contributed by atoms with Gasteiger partial charge in [-0.1, -0.05) is 49.9 Å². The van der Waals surface area contributed by atoms with Crippen LogP contribution in [-0.2, 0) is 10.0 Å². The summed E-state index contributed by atoms with van der Waals surface area (Å²) in [5.74, 6) is -0.881. The Hall–Kier alpha value is -2.00. The van der Waals surface area contributed by atoms with Crippen LogP contribution in [0.2, 0.25) is 10.0 Å². The zero-order chi connectivity index (χ0) is 25.6. The van der Waals surface area contributed by atoms with Crippen molar-refractivity contribution in [1.82, 2.24) is 4.31 Å². The number of carboxylic acid groups (broad SMARTS) is 1. The van der Waals surface area contributed by atoms with E-state index >= 15 is 0 Å². The molecule has 1 aliphatic heterocycles. The largest absolute Gasteiger partial charge is 0.478 e. The van der Waals surface area contributed by atoms with Crippen molar-refractivity contribution in [3.63, 3.8) is 0 Å². The van der Waals surface area contributed by atoms with Crippen LogP contribution in [0.5, 0.6) is 11.5 Å². The highest BCUT2D eigenvalue weighted by Crippen LogP contribution is 2.43. The van der Waals surface area contributed by atoms with Gasteiger partial charge in [-0.05, 0) is 56.0 Å². The van der Waals surface area contributed by atoms with Crippen LogP contribution in [-0.4, -0.2) is 50.0 Å². The van der Waals surface area contributed by atoms with Crippen molar-refractivity contribution >= 4 is 44.9 Å². The molecule has 3 rings (SSSR count). The average Bonchev–Trinajstić information content (AvgIpc) is 3.37. The summed E-state index contributed by atoms with van der Waals surface area (Å²) in [4.78, 5) is 13.9. The Morgan fingerprint density at radius 2 is 1.69 bits per heavy atom. The first-order valence-corrected chi connectivity index (χ1v) is 14.2. The summed E-state index contributed by atoms with van der Waals surface area (Å²) in [6.45, 7) is 6.16. The molecule has 1 heterocycles. The normalized spacial score (nSPS) is 14.3. The van der Waals surface area contributed by atoms with Crippen molar-refractivity contribution in [3.05, 3.63) is 45.9 Å². The molecule has 0 aliphatic carbocycles. The predicted molar refractivity (Wildman–Crippen MR) is 140 cm³/mol. The maximum Gasteiger partial charge on any atom is 0.335 e. The number of anilines is 1. The number of rotatable bonds is 12. The second-order valence-electron chi connectivity index (χ2n) is 8.61. The predicted octanol–water partition coefficient (Wildman–Crippen LogP) is 6.68. The Labute approximate surface area is 217 Å². The molecule has 0 unspecified atom stereocenters. The number of aromatic carboxylic acids is 1. The van der Waals surface area contributed by atoms with Crippen LogP contribution < -0.4 is 9.64 Å². The lowest BCUT2D eigenvalue weighted by atomic mass is 10.1. The molecule has 35 heavy (non-hydrogen) atoms. The first-order chi connectivity index (χ1) is 16.7. The number of sulfonamides is 1. The number of halogens is 2. The van der Waals surface area contributed by atoms with E-state index in [0.717, 1.165) is 38.5 Å². The molecule has 0 amide bonds. The van der Waals surface area contributed by atoms with E-state index in [9.17, 15) is 18.3 Å². The standard InChI is InChI=1S/C25H32Cl2N2O5S/c1-3-5-11-28(12-6-4-2)21-15-18(25(30)31)16-23(35(32,33)29-13-7-8-14-29)24(21)34-22-10-9-19(26)17-20(22)27/h9-10,15-17H,3-8,11-14H2,1-2H3,(H,30,31). The van der Waals surface area contributed by atoms with Crippen molar-refractivity contribution in [2.75, 3.05) is 31.1 Å². The minimum Gasteiger partial charge on any atom is -0.478 e. The van der Waals surface area contributed by atoms with Gasteiger partial charge in [0.2, 0.25) is 10.0 Å². The van der Waals surface area contributed by atoms with E-state index in [1.165, 1.54) is 22.5 Å². The molecular formula is C25H32Cl2N2O5S. The van der Waals surface area contributed by atoms with E-state index in [4.69, 9.17) is 27.9 Å². The Kier molecular flexibility index (Phi) is 9.69. The van der Waals surface area contributed by atoms with Crippen molar-refractivity contribution < 1.29 is 23.1 Å². The highest BCUT2D eigenvalue weighted by atomic mass is 35.5. The van der Waals surface area contributed by atoms with Crippen LogP contribution in [0.15, 0.2) is 35.2 Å². The van der Waals surface area contributed by atoms with Crippen molar-refractivity contribution in [3.8, 4) is 11.5 Å². The van der Waals surface area contributed by atoms with Gasteiger partial charge in [-0.2, -0.15) is 4.31 Å². The highest BCUT2D eigenvalue weighted by molar-refractivity contribution is 7.89. The zero-order valence-corrected chi connectivity index (χ0v) is 22.4. The molecule has 1 fully saturated rings. The summed E-state index contributed by atoms with van der Waals surface area (Å²) < 4.78 is 35.1. The first kappa shape index (κ1) is 27.6. The third-order valence-electron chi connectivity index (χ3n) is 5.97. The van der Waals surface area contributed by atoms with E-state index in [1.54, 1.807) is 12.1 Å². The second-order valence-corrected chi connectivity index (χ2v) is 11.4. The Morgan fingerprint density at radius 1 is 1.06 bits per heavy atom. The molecular weight excluding hydrogens is 511 g/mol. The van der Waals surface area contributed by atoms with Gasteiger partial charge in [-0.15, -0.1) is 0 Å². The highest BCUT2D eigenvalue weighted by Gasteiger charge is 2.34. The minimum absolute atomic E-state index is 0.0818. The second kappa shape index (κ2) is 12.3. The Balaban J connectivity index is 2.27. The fourth-order valence-corrected chi connectivity index (χ4v) is 6.15. The monoisotopic (exact) mass is 542 g/mol. The van der Waals surface area contributed by atoms with E-state index in [-0.39, 0.29) is 27.0 Å². The van der Waals surface area contributed by atoms with Gasteiger partial charge in [0.05, 0.1) is 16.3 Å². The summed E-state index contributed by atoms with van der Waals surface area (Å²) in [7, 11) is -4.01. The zero-order valence-electron chi connectivity index (χ0n) is 20.1. The van der Waals surface area contributed by atoms with Crippen LogP contribution in [0.1, 0.15) is 62.7 Å². The van der Waals surface area contributed by atoms with Crippen molar-refractivity contribution in [2.24, 2.45) is 0 Å². The molecule has 2 aromatic rings. The third-order valence-corrected chi connectivity index (χ3v) is 8.41. The van der Waals surface area contributed by atoms with E-state index < -0.39 is 16.0 Å². The molecule has 0 saturated carbocycles. The van der Waals surface area contributed by atoms with Gasteiger partial charge in [0, 0.05) is 31.2 Å². The lowest BCUT2D eigenvalue weighted by Gasteiger charge is -2.29. The molecule has 1 N–H and O–H groups in total. The van der Waals surface area contributed by atoms with Crippen LogP contribution in [0.4, 0.5) is 5.69 Å². The van der Waals surface area contributed by atoms with Gasteiger partial charge in [0.15, 0.2) is 5.75 Å². The fourth-order valence-electron chi connectivity index (χ4n) is 4.03. The van der Waals surface area contributed by atoms with Gasteiger partial charge >= 0.3 is 5.97 Å². The molecule has 1 aliphatic rings. The average molecular weight is 544 g/mol. The lowest BCUT2D eigenvalue weighted by molar-refractivity contribution is 0.0696. The smallest absolute Gasteiger partial charge is 0.335 e. The number of nitrogens with zero attached hydrogens (tertiary/aromatic N) is 2. The molecule has 0 radical (unpaired) electrons. The van der Waals surface area contributed by atoms with Gasteiger partial charge < -0.3 is 14.7 Å². The number of hydrogen-bond donors (Lipinski definition) is 1. The maximum atomic E-state index is 13.7. The number of hydrogen-bond acceptors (Lipinski definition) is 5. The number of unbranched alkanes of at least 4 members (excludes halogenated alkanes) is 2. The quantitative estimate of drug-likeness (QED) is 0.322. The summed E-state index contributed by atoms with van der Waals surface area (Å²) >= 11 is 12.4. The van der Waals surface area contributed by atoms with Crippen molar-refractivity contribution in [2.45, 2.75) is 57.3 Å². The number of carboxylic acids is 1.